The van der Waals surface area contributed by atoms with Gasteiger partial charge in [-0.1, -0.05) is 34.1 Å². The average molecular weight is 214 g/mol. The third-order valence-electron chi connectivity index (χ3n) is 2.77. The van der Waals surface area contributed by atoms with E-state index in [9.17, 15) is 0 Å². The zero-order chi connectivity index (χ0) is 11.5. The van der Waals surface area contributed by atoms with E-state index in [1.165, 1.54) is 45.4 Å². The molecular formula is C13H30N2. The topological polar surface area (TPSA) is 15.3 Å². The Morgan fingerprint density at radius 3 is 2.20 bits per heavy atom. The maximum atomic E-state index is 3.49. The second-order valence-electron chi connectivity index (χ2n) is 4.69. The van der Waals surface area contributed by atoms with Crippen molar-refractivity contribution in [3.63, 3.8) is 0 Å². The lowest BCUT2D eigenvalue weighted by atomic mass is 10.2. The minimum Gasteiger partial charge on any atom is -0.316 e. The molecule has 0 fully saturated rings. The van der Waals surface area contributed by atoms with Gasteiger partial charge in [-0.2, -0.15) is 0 Å². The molecule has 0 amide bonds. The van der Waals surface area contributed by atoms with Crippen molar-refractivity contribution in [3.8, 4) is 0 Å². The number of nitrogens with zero attached hydrogens (tertiary/aromatic N) is 1. The van der Waals surface area contributed by atoms with Crippen molar-refractivity contribution in [2.45, 2.75) is 47.0 Å². The van der Waals surface area contributed by atoms with Crippen LogP contribution in [-0.2, 0) is 0 Å². The number of hydrogen-bond donors (Lipinski definition) is 1. The van der Waals surface area contributed by atoms with Gasteiger partial charge in [-0.25, -0.2) is 0 Å². The van der Waals surface area contributed by atoms with Gasteiger partial charge in [0.15, 0.2) is 0 Å². The highest BCUT2D eigenvalue weighted by atomic mass is 15.1. The van der Waals surface area contributed by atoms with E-state index in [1.54, 1.807) is 0 Å². The van der Waals surface area contributed by atoms with E-state index in [0.29, 0.717) is 0 Å². The van der Waals surface area contributed by atoms with Gasteiger partial charge < -0.3 is 10.2 Å². The Balaban J connectivity index is 3.10. The van der Waals surface area contributed by atoms with Crippen LogP contribution in [0.1, 0.15) is 47.0 Å². The molecule has 0 saturated carbocycles. The molecule has 0 rings (SSSR count). The molecule has 0 aromatic rings. The van der Waals surface area contributed by atoms with Crippen LogP contribution < -0.4 is 5.32 Å². The molecule has 0 spiro atoms. The average Bonchev–Trinajstić information content (AvgIpc) is 2.22. The number of unbranched alkanes of at least 4 members (excludes halogenated alkanes) is 2. The number of hydrogen-bond acceptors (Lipinski definition) is 2. The van der Waals surface area contributed by atoms with Gasteiger partial charge in [0.25, 0.3) is 0 Å². The van der Waals surface area contributed by atoms with Crippen LogP contribution in [0.25, 0.3) is 0 Å². The molecule has 15 heavy (non-hydrogen) atoms. The maximum Gasteiger partial charge on any atom is -0.00190 e. The number of nitrogens with one attached hydrogen (secondary N) is 1. The van der Waals surface area contributed by atoms with Gasteiger partial charge in [0.1, 0.15) is 0 Å². The third kappa shape index (κ3) is 10.2. The fourth-order valence-corrected chi connectivity index (χ4v) is 1.69. The Kier molecular flexibility index (Phi) is 10.4. The normalized spacial score (nSPS) is 11.6. The second kappa shape index (κ2) is 10.4. The molecule has 0 aromatic carbocycles. The van der Waals surface area contributed by atoms with Crippen molar-refractivity contribution in [2.75, 3.05) is 32.7 Å². The highest BCUT2D eigenvalue weighted by molar-refractivity contribution is 4.55. The SMILES string of the molecule is CCN(CC)CCCCCNCC(C)C. The van der Waals surface area contributed by atoms with Gasteiger partial charge in [0.2, 0.25) is 0 Å². The van der Waals surface area contributed by atoms with Crippen LogP contribution in [0.3, 0.4) is 0 Å². The molecule has 0 atom stereocenters. The first-order valence-electron chi connectivity index (χ1n) is 6.63. The summed E-state index contributed by atoms with van der Waals surface area (Å²) in [6, 6.07) is 0. The Bertz CT molecular complexity index is 120. The summed E-state index contributed by atoms with van der Waals surface area (Å²) in [5.74, 6) is 0.778. The summed E-state index contributed by atoms with van der Waals surface area (Å²) in [4.78, 5) is 2.50. The van der Waals surface area contributed by atoms with E-state index in [0.717, 1.165) is 12.5 Å². The highest BCUT2D eigenvalue weighted by Crippen LogP contribution is 1.98. The molecule has 0 aliphatic heterocycles. The smallest absolute Gasteiger partial charge is 0.00190 e. The predicted octanol–water partition coefficient (Wildman–Crippen LogP) is 2.74. The van der Waals surface area contributed by atoms with Crippen LogP contribution >= 0.6 is 0 Å². The van der Waals surface area contributed by atoms with E-state index < -0.39 is 0 Å². The van der Waals surface area contributed by atoms with Gasteiger partial charge in [-0.15, -0.1) is 0 Å². The minimum absolute atomic E-state index is 0.778. The minimum atomic E-state index is 0.778. The summed E-state index contributed by atoms with van der Waals surface area (Å²) in [5, 5.41) is 3.49. The Hall–Kier alpha value is -0.0800. The molecule has 0 aromatic heterocycles. The first-order chi connectivity index (χ1) is 7.20. The molecule has 1 N–H and O–H groups in total. The van der Waals surface area contributed by atoms with Gasteiger partial charge in [-0.3, -0.25) is 0 Å². The molecule has 0 heterocycles. The molecule has 2 heteroatoms. The van der Waals surface area contributed by atoms with Gasteiger partial charge in [0.05, 0.1) is 0 Å². The van der Waals surface area contributed by atoms with Gasteiger partial charge in [-0.05, 0) is 51.5 Å². The van der Waals surface area contributed by atoms with Crippen LogP contribution in [-0.4, -0.2) is 37.6 Å². The van der Waals surface area contributed by atoms with Crippen molar-refractivity contribution in [3.05, 3.63) is 0 Å². The van der Waals surface area contributed by atoms with Crippen molar-refractivity contribution >= 4 is 0 Å². The fraction of sp³-hybridized carbons (Fsp3) is 1.00. The summed E-state index contributed by atoms with van der Waals surface area (Å²) in [6.07, 6.45) is 4.04. The largest absolute Gasteiger partial charge is 0.316 e. The summed E-state index contributed by atoms with van der Waals surface area (Å²) in [6.45, 7) is 15.0. The standard InChI is InChI=1S/C13H30N2/c1-5-15(6-2)11-9-7-8-10-14-12-13(3)4/h13-14H,5-12H2,1-4H3. The molecule has 0 unspecified atom stereocenters. The van der Waals surface area contributed by atoms with E-state index in [-0.39, 0.29) is 0 Å². The summed E-state index contributed by atoms with van der Waals surface area (Å²) in [7, 11) is 0. The molecule has 0 aliphatic carbocycles. The zero-order valence-corrected chi connectivity index (χ0v) is 11.2. The van der Waals surface area contributed by atoms with Crippen LogP contribution in [0.15, 0.2) is 0 Å². The maximum absolute atomic E-state index is 3.49. The molecule has 0 aliphatic rings. The lowest BCUT2D eigenvalue weighted by Crippen LogP contribution is -2.24. The Morgan fingerprint density at radius 2 is 1.67 bits per heavy atom. The van der Waals surface area contributed by atoms with Crippen LogP contribution in [0.4, 0.5) is 0 Å². The highest BCUT2D eigenvalue weighted by Gasteiger charge is 1.98. The van der Waals surface area contributed by atoms with Crippen molar-refractivity contribution in [2.24, 2.45) is 5.92 Å². The second-order valence-corrected chi connectivity index (χ2v) is 4.69. The quantitative estimate of drug-likeness (QED) is 0.563. The molecule has 92 valence electrons. The van der Waals surface area contributed by atoms with Gasteiger partial charge >= 0.3 is 0 Å². The first-order valence-corrected chi connectivity index (χ1v) is 6.63. The zero-order valence-electron chi connectivity index (χ0n) is 11.2. The molecule has 2 nitrogen and oxygen atoms in total. The van der Waals surface area contributed by atoms with Crippen LogP contribution in [0, 0.1) is 5.92 Å². The number of rotatable bonds is 10. The summed E-state index contributed by atoms with van der Waals surface area (Å²) < 4.78 is 0. The molecule has 0 bridgehead atoms. The third-order valence-corrected chi connectivity index (χ3v) is 2.77. The summed E-state index contributed by atoms with van der Waals surface area (Å²) in [5.41, 5.74) is 0. The van der Waals surface area contributed by atoms with Crippen molar-refractivity contribution in [1.82, 2.24) is 10.2 Å². The van der Waals surface area contributed by atoms with Crippen molar-refractivity contribution < 1.29 is 0 Å². The van der Waals surface area contributed by atoms with Crippen molar-refractivity contribution in [1.29, 1.82) is 0 Å². The molecule has 0 saturated heterocycles. The monoisotopic (exact) mass is 214 g/mol. The van der Waals surface area contributed by atoms with Crippen LogP contribution in [0.2, 0.25) is 0 Å². The van der Waals surface area contributed by atoms with E-state index in [2.05, 4.69) is 37.9 Å². The van der Waals surface area contributed by atoms with E-state index in [4.69, 9.17) is 0 Å². The van der Waals surface area contributed by atoms with E-state index >= 15 is 0 Å². The predicted molar refractivity (Wildman–Crippen MR) is 69.3 cm³/mol. The summed E-state index contributed by atoms with van der Waals surface area (Å²) >= 11 is 0. The lowest BCUT2D eigenvalue weighted by molar-refractivity contribution is 0.295. The molecular weight excluding hydrogens is 184 g/mol. The molecule has 0 radical (unpaired) electrons. The fourth-order valence-electron chi connectivity index (χ4n) is 1.69. The Labute approximate surface area is 96.4 Å². The Morgan fingerprint density at radius 1 is 1.00 bits per heavy atom. The van der Waals surface area contributed by atoms with Gasteiger partial charge in [0, 0.05) is 0 Å². The van der Waals surface area contributed by atoms with E-state index in [1.807, 2.05) is 0 Å². The lowest BCUT2D eigenvalue weighted by Gasteiger charge is -2.17. The van der Waals surface area contributed by atoms with Crippen LogP contribution in [0.5, 0.6) is 0 Å². The first kappa shape index (κ1) is 14.9.